The fourth-order valence-corrected chi connectivity index (χ4v) is 4.92. The van der Waals surface area contributed by atoms with E-state index in [4.69, 9.17) is 17.3 Å². The molecule has 0 spiro atoms. The number of H-pyrrole nitrogens is 1. The Balaban J connectivity index is 1.40. The number of tetrazole rings is 1. The number of aryl methyl sites for hydroxylation is 1. The normalized spacial score (nSPS) is 14.7. The van der Waals surface area contributed by atoms with Gasteiger partial charge in [0.25, 0.3) is 5.56 Å². The Morgan fingerprint density at radius 3 is 2.76 bits per heavy atom. The Bertz CT molecular complexity index is 1680. The lowest BCUT2D eigenvalue weighted by atomic mass is 10.0. The quantitative estimate of drug-likeness (QED) is 0.334. The average Bonchev–Trinajstić information content (AvgIpc) is 3.64. The molecule has 0 bridgehead atoms. The number of halogens is 3. The minimum atomic E-state index is -3.00. The highest BCUT2D eigenvalue weighted by atomic mass is 35.5. The van der Waals surface area contributed by atoms with Gasteiger partial charge in [-0.05, 0) is 65.2 Å². The highest BCUT2D eigenvalue weighted by Gasteiger charge is 2.29. The van der Waals surface area contributed by atoms with Crippen LogP contribution >= 0.6 is 11.6 Å². The zero-order valence-corrected chi connectivity index (χ0v) is 20.2. The van der Waals surface area contributed by atoms with Gasteiger partial charge in [0.05, 0.1) is 11.7 Å². The summed E-state index contributed by atoms with van der Waals surface area (Å²) in [5.74, 6) is 0.861. The number of imidazole rings is 1. The smallest absolute Gasteiger partial charge is 0.387 e. The maximum absolute atomic E-state index is 13.4. The number of rotatable bonds is 6. The van der Waals surface area contributed by atoms with Crippen molar-refractivity contribution in [2.24, 2.45) is 0 Å². The zero-order chi connectivity index (χ0) is 26.4. The number of hydrogen-bond acceptors (Lipinski definition) is 8. The van der Waals surface area contributed by atoms with Gasteiger partial charge in [0, 0.05) is 29.1 Å². The van der Waals surface area contributed by atoms with Gasteiger partial charge >= 0.3 is 6.61 Å². The molecule has 0 aliphatic carbocycles. The number of nitrogens with two attached hydrogens (primary N) is 1. The van der Waals surface area contributed by atoms with Crippen LogP contribution in [0.3, 0.4) is 0 Å². The van der Waals surface area contributed by atoms with E-state index in [1.54, 1.807) is 29.0 Å². The van der Waals surface area contributed by atoms with Crippen molar-refractivity contribution in [3.63, 3.8) is 0 Å². The van der Waals surface area contributed by atoms with Crippen molar-refractivity contribution in [2.75, 3.05) is 5.73 Å². The van der Waals surface area contributed by atoms with Gasteiger partial charge in [0.1, 0.15) is 34.6 Å². The van der Waals surface area contributed by atoms with Gasteiger partial charge in [0.2, 0.25) is 0 Å². The number of benzene rings is 1. The van der Waals surface area contributed by atoms with Crippen molar-refractivity contribution in [1.29, 1.82) is 0 Å². The standard InChI is InChI=1S/C24H18ClF2N9O2/c25-22-21(12-1-6-19(28)29-10-12)31-23(32-22)18-4-2-14-7-13(8-20(37)36(14)18)16-9-15(38-24(26)27)3-5-17(16)35-11-30-33-34-35/h1,3,5-11,18,24H,2,4H2,(H2,28,29)(H,31,32)/t18-/m0/s1. The second kappa shape index (κ2) is 9.34. The first-order valence-corrected chi connectivity index (χ1v) is 11.8. The van der Waals surface area contributed by atoms with E-state index in [9.17, 15) is 13.6 Å². The minimum Gasteiger partial charge on any atom is -0.435 e. The van der Waals surface area contributed by atoms with Crippen LogP contribution in [0.1, 0.15) is 24.0 Å². The van der Waals surface area contributed by atoms with E-state index < -0.39 is 6.61 Å². The first-order valence-electron chi connectivity index (χ1n) is 11.4. The number of hydrogen-bond donors (Lipinski definition) is 2. The summed E-state index contributed by atoms with van der Waals surface area (Å²) in [5, 5.41) is 11.5. The number of nitrogens with one attached hydrogen (secondary N) is 1. The number of nitrogen functional groups attached to an aromatic ring is 1. The highest BCUT2D eigenvalue weighted by molar-refractivity contribution is 6.31. The molecular weight excluding hydrogens is 520 g/mol. The largest absolute Gasteiger partial charge is 0.435 e. The Morgan fingerprint density at radius 1 is 1.16 bits per heavy atom. The zero-order valence-electron chi connectivity index (χ0n) is 19.4. The molecule has 14 heteroatoms. The topological polar surface area (TPSA) is 142 Å². The van der Waals surface area contributed by atoms with E-state index in [1.165, 1.54) is 29.2 Å². The summed E-state index contributed by atoms with van der Waals surface area (Å²) in [6, 6.07) is 10.7. The van der Waals surface area contributed by atoms with Crippen LogP contribution in [0.4, 0.5) is 14.6 Å². The van der Waals surface area contributed by atoms with Crippen LogP contribution < -0.4 is 16.0 Å². The summed E-state index contributed by atoms with van der Waals surface area (Å²) in [6.45, 7) is -3.00. The molecule has 0 saturated carbocycles. The maximum atomic E-state index is 13.4. The molecule has 192 valence electrons. The third-order valence-electron chi connectivity index (χ3n) is 6.29. The fraction of sp³-hybridized carbons (Fsp3) is 0.167. The Hall–Kier alpha value is -4.65. The molecule has 11 nitrogen and oxygen atoms in total. The molecule has 3 N–H and O–H groups in total. The summed E-state index contributed by atoms with van der Waals surface area (Å²) in [4.78, 5) is 25.2. The molecule has 0 amide bonds. The molecule has 1 atom stereocenters. The predicted octanol–water partition coefficient (Wildman–Crippen LogP) is 3.65. The number of aromatic nitrogens is 8. The third kappa shape index (κ3) is 4.26. The van der Waals surface area contributed by atoms with Crippen molar-refractivity contribution in [3.8, 4) is 33.8 Å². The number of nitrogens with zero attached hydrogens (tertiary/aromatic N) is 7. The van der Waals surface area contributed by atoms with Gasteiger partial charge in [-0.15, -0.1) is 5.10 Å². The minimum absolute atomic E-state index is 0.0554. The molecule has 0 fully saturated rings. The first kappa shape index (κ1) is 23.7. The van der Waals surface area contributed by atoms with Gasteiger partial charge in [-0.25, -0.2) is 9.97 Å². The average molecular weight is 538 g/mol. The lowest BCUT2D eigenvalue weighted by Crippen LogP contribution is -2.24. The monoisotopic (exact) mass is 537 g/mol. The lowest BCUT2D eigenvalue weighted by Gasteiger charge is -2.15. The molecular formula is C24H18ClF2N9O2. The molecule has 4 aromatic heterocycles. The molecule has 6 rings (SSSR count). The Kier molecular flexibility index (Phi) is 5.83. The molecule has 38 heavy (non-hydrogen) atoms. The number of alkyl halides is 2. The molecule has 1 aliphatic heterocycles. The number of fused-ring (bicyclic) bond motifs is 1. The van der Waals surface area contributed by atoms with Gasteiger partial charge in [-0.3, -0.25) is 4.79 Å². The second-order valence-corrected chi connectivity index (χ2v) is 8.94. The van der Waals surface area contributed by atoms with Gasteiger partial charge in [0.15, 0.2) is 0 Å². The van der Waals surface area contributed by atoms with Crippen LogP contribution in [0.25, 0.3) is 28.1 Å². The summed E-state index contributed by atoms with van der Waals surface area (Å²) in [5.41, 5.74) is 8.81. The van der Waals surface area contributed by atoms with Crippen LogP contribution in [-0.4, -0.2) is 46.3 Å². The Morgan fingerprint density at radius 2 is 2.03 bits per heavy atom. The van der Waals surface area contributed by atoms with Gasteiger partial charge < -0.3 is 20.0 Å². The summed E-state index contributed by atoms with van der Waals surface area (Å²) < 4.78 is 33.4. The third-order valence-corrected chi connectivity index (χ3v) is 6.56. The van der Waals surface area contributed by atoms with Gasteiger partial charge in [-0.1, -0.05) is 11.6 Å². The van der Waals surface area contributed by atoms with Crippen LogP contribution in [0.5, 0.6) is 5.75 Å². The molecule has 0 unspecified atom stereocenters. The van der Waals surface area contributed by atoms with E-state index >= 15 is 0 Å². The van der Waals surface area contributed by atoms with E-state index in [-0.39, 0.29) is 17.4 Å². The number of aromatic amines is 1. The van der Waals surface area contributed by atoms with Crippen molar-refractivity contribution in [3.05, 3.63) is 82.0 Å². The van der Waals surface area contributed by atoms with Crippen LogP contribution in [0.2, 0.25) is 5.15 Å². The lowest BCUT2D eigenvalue weighted by molar-refractivity contribution is -0.0498. The van der Waals surface area contributed by atoms with E-state index in [2.05, 4.69) is 35.2 Å². The number of pyridine rings is 2. The molecule has 0 saturated heterocycles. The van der Waals surface area contributed by atoms with Crippen molar-refractivity contribution < 1.29 is 13.5 Å². The summed E-state index contributed by atoms with van der Waals surface area (Å²) in [7, 11) is 0. The first-order chi connectivity index (χ1) is 18.4. The van der Waals surface area contributed by atoms with Crippen molar-refractivity contribution in [2.45, 2.75) is 25.5 Å². The van der Waals surface area contributed by atoms with Gasteiger partial charge in [-0.2, -0.15) is 13.5 Å². The number of anilines is 1. The van der Waals surface area contributed by atoms with E-state index in [1.807, 2.05) is 6.07 Å². The van der Waals surface area contributed by atoms with Crippen LogP contribution in [0, 0.1) is 0 Å². The maximum Gasteiger partial charge on any atom is 0.387 e. The highest BCUT2D eigenvalue weighted by Crippen LogP contribution is 2.36. The Labute approximate surface area is 217 Å². The molecule has 5 aromatic rings. The SMILES string of the molecule is Nc1ccc(-c2nc([C@@H]3CCc4cc(-c5cc(OC(F)F)ccc5-n5cnnn5)cc(=O)n43)[nH]c2Cl)cn1. The van der Waals surface area contributed by atoms with Crippen LogP contribution in [0.15, 0.2) is 59.8 Å². The van der Waals surface area contributed by atoms with Crippen LogP contribution in [-0.2, 0) is 6.42 Å². The fourth-order valence-electron chi connectivity index (χ4n) is 4.67. The summed E-state index contributed by atoms with van der Waals surface area (Å²) in [6.07, 6.45) is 4.14. The predicted molar refractivity (Wildman–Crippen MR) is 133 cm³/mol. The molecule has 5 heterocycles. The van der Waals surface area contributed by atoms with Crippen molar-refractivity contribution >= 4 is 17.4 Å². The van der Waals surface area contributed by atoms with E-state index in [0.717, 1.165) is 5.69 Å². The molecule has 1 aromatic carbocycles. The van der Waals surface area contributed by atoms with E-state index in [0.29, 0.717) is 57.7 Å². The summed E-state index contributed by atoms with van der Waals surface area (Å²) >= 11 is 6.44. The van der Waals surface area contributed by atoms with Crippen molar-refractivity contribution in [1.82, 2.24) is 39.7 Å². The second-order valence-electron chi connectivity index (χ2n) is 8.57. The molecule has 0 radical (unpaired) electrons. The number of ether oxygens (including phenoxy) is 1. The molecule has 1 aliphatic rings.